The number of nitrogens with zero attached hydrogens (tertiary/aromatic N) is 2. The van der Waals surface area contributed by atoms with E-state index in [1.807, 2.05) is 42.5 Å². The molecule has 1 aliphatic heterocycles. The van der Waals surface area contributed by atoms with E-state index < -0.39 is 17.9 Å². The second-order valence-corrected chi connectivity index (χ2v) is 9.58. The molecule has 0 radical (unpaired) electrons. The molecule has 9 nitrogen and oxygen atoms in total. The van der Waals surface area contributed by atoms with E-state index >= 15 is 0 Å². The molecule has 0 bridgehead atoms. The van der Waals surface area contributed by atoms with Gasteiger partial charge < -0.3 is 25.8 Å². The van der Waals surface area contributed by atoms with Crippen molar-refractivity contribution < 1.29 is 19.2 Å². The van der Waals surface area contributed by atoms with Crippen LogP contribution in [0.5, 0.6) is 0 Å². The summed E-state index contributed by atoms with van der Waals surface area (Å²) >= 11 is 3.43. The predicted octanol–water partition coefficient (Wildman–Crippen LogP) is 1.74. The molecule has 0 spiro atoms. The number of likely N-dealkylation sites (tertiary alicyclic amines) is 1. The Balaban J connectivity index is 1.50. The van der Waals surface area contributed by atoms with Crippen molar-refractivity contribution in [3.8, 4) is 0 Å². The molecule has 0 aliphatic carbocycles. The van der Waals surface area contributed by atoms with Crippen LogP contribution in [0.15, 0.2) is 71.9 Å². The normalized spacial score (nSPS) is 14.1. The summed E-state index contributed by atoms with van der Waals surface area (Å²) in [5, 5.41) is 6.28. The smallest absolute Gasteiger partial charge is 0.254 e. The average molecular weight is 552 g/mol. The van der Waals surface area contributed by atoms with Crippen LogP contribution >= 0.6 is 15.9 Å². The lowest BCUT2D eigenvalue weighted by atomic mass is 10.0. The Morgan fingerprint density at radius 3 is 2.53 bits per heavy atom. The van der Waals surface area contributed by atoms with Gasteiger partial charge in [-0.2, -0.15) is 0 Å². The topological polar surface area (TPSA) is 127 Å². The van der Waals surface area contributed by atoms with Gasteiger partial charge in [-0.15, -0.1) is 0 Å². The maximum Gasteiger partial charge on any atom is 0.254 e. The van der Waals surface area contributed by atoms with Gasteiger partial charge in [0.2, 0.25) is 17.7 Å². The van der Waals surface area contributed by atoms with E-state index in [2.05, 4.69) is 33.1 Å². The van der Waals surface area contributed by atoms with E-state index in [4.69, 9.17) is 5.73 Å². The molecule has 1 fully saturated rings. The number of aromatic nitrogens is 1. The molecule has 1 atom stereocenters. The Bertz CT molecular complexity index is 1330. The summed E-state index contributed by atoms with van der Waals surface area (Å²) in [7, 11) is 0. The van der Waals surface area contributed by atoms with Crippen molar-refractivity contribution in [2.45, 2.75) is 25.0 Å². The third-order valence-electron chi connectivity index (χ3n) is 6.07. The zero-order valence-electron chi connectivity index (χ0n) is 19.4. The van der Waals surface area contributed by atoms with Crippen LogP contribution in [0.4, 0.5) is 0 Å². The van der Waals surface area contributed by atoms with Crippen molar-refractivity contribution in [2.24, 2.45) is 5.73 Å². The zero-order valence-corrected chi connectivity index (χ0v) is 21.0. The minimum absolute atomic E-state index is 0.0133. The lowest BCUT2D eigenvalue weighted by molar-refractivity contribution is -0.133. The molecule has 4 amide bonds. The second-order valence-electron chi connectivity index (χ2n) is 8.66. The summed E-state index contributed by atoms with van der Waals surface area (Å²) < 4.78 is 2.46. The maximum atomic E-state index is 13.2. The number of nitrogens with two attached hydrogens (primary N) is 1. The summed E-state index contributed by atoms with van der Waals surface area (Å²) in [6, 6.07) is 13.7. The highest BCUT2D eigenvalue weighted by Gasteiger charge is 2.30. The molecular weight excluding hydrogens is 526 g/mol. The molecule has 10 heteroatoms. The Hall–Kier alpha value is -3.92. The summed E-state index contributed by atoms with van der Waals surface area (Å²) in [6.45, 7) is 4.31. The van der Waals surface area contributed by atoms with E-state index in [1.165, 1.54) is 6.08 Å². The van der Waals surface area contributed by atoms with Gasteiger partial charge >= 0.3 is 0 Å². The number of carbonyl (C=O) groups excluding carboxylic acids is 4. The van der Waals surface area contributed by atoms with Gasteiger partial charge in [-0.3, -0.25) is 19.2 Å². The lowest BCUT2D eigenvalue weighted by Gasteiger charge is -2.38. The highest BCUT2D eigenvalue weighted by molar-refractivity contribution is 9.10. The predicted molar refractivity (Wildman–Crippen MR) is 139 cm³/mol. The van der Waals surface area contributed by atoms with Crippen LogP contribution in [0.3, 0.4) is 0 Å². The number of hydrogen-bond donors (Lipinski definition) is 3. The van der Waals surface area contributed by atoms with Crippen molar-refractivity contribution >= 4 is 50.5 Å². The second kappa shape index (κ2) is 10.8. The fourth-order valence-corrected chi connectivity index (χ4v) is 4.56. The number of primary amides is 1. The van der Waals surface area contributed by atoms with E-state index in [0.717, 1.165) is 10.0 Å². The first-order valence-electron chi connectivity index (χ1n) is 11.4. The van der Waals surface area contributed by atoms with Gasteiger partial charge in [0.25, 0.3) is 5.91 Å². The highest BCUT2D eigenvalue weighted by atomic mass is 79.9. The number of fused-ring (bicyclic) bond motifs is 1. The zero-order chi connectivity index (χ0) is 25.8. The van der Waals surface area contributed by atoms with Gasteiger partial charge in [-0.1, -0.05) is 52.8 Å². The highest BCUT2D eigenvalue weighted by Crippen LogP contribution is 2.26. The number of carbonyl (C=O) groups is 4. The van der Waals surface area contributed by atoms with Crippen molar-refractivity contribution in [3.63, 3.8) is 0 Å². The van der Waals surface area contributed by atoms with E-state index in [0.29, 0.717) is 29.6 Å². The number of nitrogens with one attached hydrogen (secondary N) is 2. The molecule has 0 unspecified atom stereocenters. The molecule has 1 aliphatic rings. The molecule has 3 aromatic rings. The first-order chi connectivity index (χ1) is 17.2. The molecule has 2 aromatic carbocycles. The van der Waals surface area contributed by atoms with E-state index in [1.54, 1.807) is 21.7 Å². The van der Waals surface area contributed by atoms with Gasteiger partial charge in [0, 0.05) is 41.1 Å². The third kappa shape index (κ3) is 5.65. The molecule has 186 valence electrons. The number of hydrogen-bond acceptors (Lipinski definition) is 4. The van der Waals surface area contributed by atoms with Crippen LogP contribution in [0.1, 0.15) is 15.9 Å². The first kappa shape index (κ1) is 25.2. The van der Waals surface area contributed by atoms with E-state index in [-0.39, 0.29) is 30.8 Å². The molecule has 1 aromatic heterocycles. The summed E-state index contributed by atoms with van der Waals surface area (Å²) in [5.41, 5.74) is 7.45. The monoisotopic (exact) mass is 551 g/mol. The van der Waals surface area contributed by atoms with Crippen LogP contribution in [-0.2, 0) is 27.3 Å². The van der Waals surface area contributed by atoms with Crippen molar-refractivity contribution in [3.05, 3.63) is 83.0 Å². The Kier molecular flexibility index (Phi) is 7.54. The average Bonchev–Trinajstić information content (AvgIpc) is 3.18. The SMILES string of the molecule is C=CC(=O)N1CC(NC(=O)Cn2cc(C(=O)N[C@H](Cc3ccccc3)C(N)=O)c3cc(Br)ccc32)C1. The van der Waals surface area contributed by atoms with Crippen LogP contribution < -0.4 is 16.4 Å². The Morgan fingerprint density at radius 2 is 1.86 bits per heavy atom. The molecule has 36 heavy (non-hydrogen) atoms. The minimum Gasteiger partial charge on any atom is -0.368 e. The quantitative estimate of drug-likeness (QED) is 0.350. The van der Waals surface area contributed by atoms with Gasteiger partial charge in [-0.25, -0.2) is 0 Å². The van der Waals surface area contributed by atoms with Crippen molar-refractivity contribution in [1.82, 2.24) is 20.1 Å². The molecule has 2 heterocycles. The number of halogens is 1. The van der Waals surface area contributed by atoms with Crippen molar-refractivity contribution in [1.29, 1.82) is 0 Å². The Labute approximate surface area is 216 Å². The number of benzene rings is 2. The van der Waals surface area contributed by atoms with E-state index in [9.17, 15) is 19.2 Å². The maximum absolute atomic E-state index is 13.2. The molecular formula is C26H26BrN5O4. The fourth-order valence-electron chi connectivity index (χ4n) is 4.20. The van der Waals surface area contributed by atoms with Crippen LogP contribution in [0.2, 0.25) is 0 Å². The minimum atomic E-state index is -0.895. The largest absolute Gasteiger partial charge is 0.368 e. The Morgan fingerprint density at radius 1 is 1.14 bits per heavy atom. The summed E-state index contributed by atoms with van der Waals surface area (Å²) in [6.07, 6.45) is 3.11. The lowest BCUT2D eigenvalue weighted by Crippen LogP contribution is -2.61. The molecule has 4 rings (SSSR count). The summed E-state index contributed by atoms with van der Waals surface area (Å²) in [4.78, 5) is 51.2. The van der Waals surface area contributed by atoms with Gasteiger partial charge in [0.1, 0.15) is 12.6 Å². The molecule has 1 saturated heterocycles. The van der Waals surface area contributed by atoms with Gasteiger partial charge in [0.15, 0.2) is 0 Å². The van der Waals surface area contributed by atoms with Crippen LogP contribution in [0.25, 0.3) is 10.9 Å². The van der Waals surface area contributed by atoms with Gasteiger partial charge in [0.05, 0.1) is 11.6 Å². The first-order valence-corrected chi connectivity index (χ1v) is 12.2. The molecule has 4 N–H and O–H groups in total. The van der Waals surface area contributed by atoms with Crippen molar-refractivity contribution in [2.75, 3.05) is 13.1 Å². The fraction of sp³-hybridized carbons (Fsp3) is 0.231. The number of rotatable bonds is 9. The number of amides is 4. The van der Waals surface area contributed by atoms with Crippen LogP contribution in [-0.4, -0.2) is 58.3 Å². The molecule has 0 saturated carbocycles. The van der Waals surface area contributed by atoms with Gasteiger partial charge in [-0.05, 0) is 29.8 Å². The third-order valence-corrected chi connectivity index (χ3v) is 6.56. The summed E-state index contributed by atoms with van der Waals surface area (Å²) in [5.74, 6) is -1.51. The van der Waals surface area contributed by atoms with Crippen LogP contribution in [0, 0.1) is 0 Å². The standard InChI is InChI=1S/C26H26BrN5O4/c1-2-24(34)32-12-18(13-32)29-23(33)15-31-14-20(19-11-17(27)8-9-22(19)31)26(36)30-21(25(28)35)10-16-6-4-3-5-7-16/h2-9,11,14,18,21H,1,10,12-13,15H2,(H2,28,35)(H,29,33)(H,30,36)/t21-/m1/s1.